The van der Waals surface area contributed by atoms with Crippen molar-refractivity contribution in [2.75, 3.05) is 12.4 Å². The van der Waals surface area contributed by atoms with E-state index in [0.29, 0.717) is 16.4 Å². The Morgan fingerprint density at radius 2 is 1.92 bits per heavy atom. The minimum absolute atomic E-state index is 0.104. The topological polar surface area (TPSA) is 81.2 Å². The van der Waals surface area contributed by atoms with E-state index in [1.165, 1.54) is 25.1 Å². The van der Waals surface area contributed by atoms with Crippen LogP contribution in [-0.4, -0.2) is 34.2 Å². The summed E-state index contributed by atoms with van der Waals surface area (Å²) in [7, 11) is 1.31. The van der Waals surface area contributed by atoms with E-state index in [0.717, 1.165) is 0 Å². The lowest BCUT2D eigenvalue weighted by molar-refractivity contribution is 0.0600. The summed E-state index contributed by atoms with van der Waals surface area (Å²) < 4.78 is 4.62. The smallest absolute Gasteiger partial charge is 0.337 e. The van der Waals surface area contributed by atoms with Gasteiger partial charge in [0.05, 0.1) is 23.9 Å². The summed E-state index contributed by atoms with van der Waals surface area (Å²) in [5, 5.41) is 3.63. The van der Waals surface area contributed by atoms with Crippen molar-refractivity contribution in [2.45, 2.75) is 24.3 Å². The Kier molecular flexibility index (Phi) is 6.16. The number of benzene rings is 1. The number of methoxy groups -OCH3 is 1. The molecule has 2 aromatic rings. The molecule has 0 spiro atoms. The zero-order chi connectivity index (χ0) is 17.7. The second kappa shape index (κ2) is 8.12. The van der Waals surface area contributed by atoms with Gasteiger partial charge < -0.3 is 10.1 Å². The van der Waals surface area contributed by atoms with Crippen LogP contribution in [0.5, 0.6) is 0 Å². The van der Waals surface area contributed by atoms with Gasteiger partial charge in [-0.25, -0.2) is 14.8 Å². The molecule has 0 atom stereocenters. The second-order valence-corrected chi connectivity index (χ2v) is 6.99. The monoisotopic (exact) mass is 365 g/mol. The van der Waals surface area contributed by atoms with Crippen LogP contribution >= 0.6 is 23.4 Å². The largest absolute Gasteiger partial charge is 0.465 e. The Balaban J connectivity index is 2.16. The van der Waals surface area contributed by atoms with Crippen LogP contribution in [0.4, 0.5) is 5.69 Å². The van der Waals surface area contributed by atoms with Crippen molar-refractivity contribution < 1.29 is 14.3 Å². The number of nitrogens with zero attached hydrogens (tertiary/aromatic N) is 2. The molecular formula is C16H16ClN3O3S. The van der Waals surface area contributed by atoms with E-state index in [4.69, 9.17) is 11.6 Å². The maximum Gasteiger partial charge on any atom is 0.337 e. The van der Waals surface area contributed by atoms with Crippen LogP contribution in [0.2, 0.25) is 5.02 Å². The average Bonchev–Trinajstić information content (AvgIpc) is 2.56. The van der Waals surface area contributed by atoms with Gasteiger partial charge in [-0.3, -0.25) is 4.79 Å². The summed E-state index contributed by atoms with van der Waals surface area (Å²) in [6, 6.07) is 6.32. The zero-order valence-corrected chi connectivity index (χ0v) is 14.9. The molecule has 0 saturated carbocycles. The normalized spacial score (nSPS) is 10.5. The molecule has 1 aromatic heterocycles. The van der Waals surface area contributed by atoms with Crippen molar-refractivity contribution in [3.05, 3.63) is 46.7 Å². The maximum absolute atomic E-state index is 12.4. The third-order valence-corrected chi connectivity index (χ3v) is 4.00. The highest BCUT2D eigenvalue weighted by Crippen LogP contribution is 2.22. The molecule has 1 amide bonds. The summed E-state index contributed by atoms with van der Waals surface area (Å²) in [6.45, 7) is 4.01. The predicted molar refractivity (Wildman–Crippen MR) is 93.8 cm³/mol. The lowest BCUT2D eigenvalue weighted by Crippen LogP contribution is -2.15. The fraction of sp³-hybridized carbons (Fsp3) is 0.250. The van der Waals surface area contributed by atoms with E-state index >= 15 is 0 Å². The van der Waals surface area contributed by atoms with E-state index in [2.05, 4.69) is 20.0 Å². The SMILES string of the molecule is COC(=O)c1ccc(NC(=O)c2nc(SC(C)C)ncc2Cl)cc1. The minimum atomic E-state index is -0.446. The zero-order valence-electron chi connectivity index (χ0n) is 13.4. The van der Waals surface area contributed by atoms with Gasteiger partial charge in [0.2, 0.25) is 0 Å². The fourth-order valence-electron chi connectivity index (χ4n) is 1.78. The number of halogens is 1. The highest BCUT2D eigenvalue weighted by molar-refractivity contribution is 7.99. The molecule has 1 aromatic carbocycles. The number of carbonyl (C=O) groups excluding carboxylic acids is 2. The number of aromatic nitrogens is 2. The third-order valence-electron chi connectivity index (χ3n) is 2.84. The van der Waals surface area contributed by atoms with Crippen LogP contribution < -0.4 is 5.32 Å². The van der Waals surface area contributed by atoms with Crippen LogP contribution in [0, 0.1) is 0 Å². The van der Waals surface area contributed by atoms with Gasteiger partial charge in [0.25, 0.3) is 5.91 Å². The van der Waals surface area contributed by atoms with Crippen molar-refractivity contribution in [2.24, 2.45) is 0 Å². The highest BCUT2D eigenvalue weighted by Gasteiger charge is 2.15. The van der Waals surface area contributed by atoms with E-state index < -0.39 is 11.9 Å². The van der Waals surface area contributed by atoms with Crippen molar-refractivity contribution in [1.29, 1.82) is 0 Å². The standard InChI is InChI=1S/C16H16ClN3O3S/c1-9(2)24-16-18-8-12(17)13(20-16)14(21)19-11-6-4-10(5-7-11)15(22)23-3/h4-9H,1-3H3,(H,19,21). The number of nitrogens with one attached hydrogen (secondary N) is 1. The molecule has 126 valence electrons. The third kappa shape index (κ3) is 4.69. The molecular weight excluding hydrogens is 350 g/mol. The second-order valence-electron chi connectivity index (χ2n) is 5.04. The molecule has 6 nitrogen and oxygen atoms in total. The van der Waals surface area contributed by atoms with Crippen LogP contribution in [-0.2, 0) is 4.74 Å². The van der Waals surface area contributed by atoms with E-state index in [9.17, 15) is 9.59 Å². The van der Waals surface area contributed by atoms with Crippen LogP contribution in [0.1, 0.15) is 34.7 Å². The number of anilines is 1. The lowest BCUT2D eigenvalue weighted by atomic mass is 10.2. The van der Waals surface area contributed by atoms with Gasteiger partial charge in [-0.1, -0.05) is 37.2 Å². The van der Waals surface area contributed by atoms with Gasteiger partial charge in [0, 0.05) is 10.9 Å². The van der Waals surface area contributed by atoms with Crippen molar-refractivity contribution in [3.63, 3.8) is 0 Å². The quantitative estimate of drug-likeness (QED) is 0.494. The number of hydrogen-bond donors (Lipinski definition) is 1. The summed E-state index contributed by atoms with van der Waals surface area (Å²) in [4.78, 5) is 32.1. The van der Waals surface area contributed by atoms with Crippen LogP contribution in [0.25, 0.3) is 0 Å². The summed E-state index contributed by atoms with van der Waals surface area (Å²) in [5.41, 5.74) is 1.01. The van der Waals surface area contributed by atoms with Crippen molar-refractivity contribution >= 4 is 40.9 Å². The summed E-state index contributed by atoms with van der Waals surface area (Å²) >= 11 is 7.46. The fourth-order valence-corrected chi connectivity index (χ4v) is 2.63. The maximum atomic E-state index is 12.4. The van der Waals surface area contributed by atoms with E-state index in [1.807, 2.05) is 13.8 Å². The Bertz CT molecular complexity index is 751. The Hall–Kier alpha value is -2.12. The Morgan fingerprint density at radius 1 is 1.25 bits per heavy atom. The number of amides is 1. The molecule has 1 N–H and O–H groups in total. The van der Waals surface area contributed by atoms with E-state index in [1.54, 1.807) is 24.3 Å². The first-order valence-electron chi connectivity index (χ1n) is 7.09. The molecule has 2 rings (SSSR count). The van der Waals surface area contributed by atoms with Gasteiger partial charge in [-0.15, -0.1) is 0 Å². The number of hydrogen-bond acceptors (Lipinski definition) is 6. The number of carbonyl (C=O) groups is 2. The molecule has 0 bridgehead atoms. The summed E-state index contributed by atoms with van der Waals surface area (Å²) in [6.07, 6.45) is 1.41. The Labute approximate surface area is 149 Å². The van der Waals surface area contributed by atoms with Gasteiger partial charge in [0.1, 0.15) is 0 Å². The molecule has 8 heteroatoms. The molecule has 0 unspecified atom stereocenters. The number of ether oxygens (including phenoxy) is 1. The minimum Gasteiger partial charge on any atom is -0.465 e. The first-order valence-corrected chi connectivity index (χ1v) is 8.35. The first-order chi connectivity index (χ1) is 11.4. The molecule has 1 heterocycles. The highest BCUT2D eigenvalue weighted by atomic mass is 35.5. The van der Waals surface area contributed by atoms with Gasteiger partial charge in [-0.2, -0.15) is 0 Å². The number of thioether (sulfide) groups is 1. The van der Waals surface area contributed by atoms with Gasteiger partial charge >= 0.3 is 5.97 Å². The molecule has 0 aliphatic carbocycles. The van der Waals surface area contributed by atoms with Crippen LogP contribution in [0.3, 0.4) is 0 Å². The van der Waals surface area contributed by atoms with Crippen molar-refractivity contribution in [3.8, 4) is 0 Å². The molecule has 0 aliphatic heterocycles. The van der Waals surface area contributed by atoms with E-state index in [-0.39, 0.29) is 16.0 Å². The molecule has 0 radical (unpaired) electrons. The molecule has 0 aliphatic rings. The average molecular weight is 366 g/mol. The van der Waals surface area contributed by atoms with Crippen molar-refractivity contribution in [1.82, 2.24) is 9.97 Å². The first kappa shape index (κ1) is 18.2. The molecule has 0 saturated heterocycles. The Morgan fingerprint density at radius 3 is 2.50 bits per heavy atom. The lowest BCUT2D eigenvalue weighted by Gasteiger charge is -2.09. The number of rotatable bonds is 5. The molecule has 0 fully saturated rings. The summed E-state index contributed by atoms with van der Waals surface area (Å²) in [5.74, 6) is -0.888. The van der Waals surface area contributed by atoms with Gasteiger partial charge in [-0.05, 0) is 24.3 Å². The van der Waals surface area contributed by atoms with Crippen LogP contribution in [0.15, 0.2) is 35.6 Å². The van der Waals surface area contributed by atoms with Gasteiger partial charge in [0.15, 0.2) is 10.9 Å². The predicted octanol–water partition coefficient (Wildman–Crippen LogP) is 3.67. The number of esters is 1. The molecule has 24 heavy (non-hydrogen) atoms.